The van der Waals surface area contributed by atoms with Crippen LogP contribution in [0.25, 0.3) is 0 Å². The van der Waals surface area contributed by atoms with Crippen LogP contribution in [0.3, 0.4) is 0 Å². The Kier molecular flexibility index (Phi) is 4.06. The van der Waals surface area contributed by atoms with Gasteiger partial charge in [-0.1, -0.05) is 0 Å². The summed E-state index contributed by atoms with van der Waals surface area (Å²) in [7, 11) is -1.08. The first kappa shape index (κ1) is 13.5. The highest BCUT2D eigenvalue weighted by atomic mass is 79.9. The highest BCUT2D eigenvalue weighted by Crippen LogP contribution is 2.23. The van der Waals surface area contributed by atoms with Gasteiger partial charge in [0.2, 0.25) is 5.95 Å². The van der Waals surface area contributed by atoms with Crippen molar-refractivity contribution >= 4 is 37.5 Å². The Labute approximate surface area is 115 Å². The van der Waals surface area contributed by atoms with Crippen molar-refractivity contribution in [2.24, 2.45) is 0 Å². The van der Waals surface area contributed by atoms with E-state index in [-0.39, 0.29) is 17.5 Å². The third-order valence-electron chi connectivity index (χ3n) is 2.86. The molecule has 0 bridgehead atoms. The maximum absolute atomic E-state index is 11.3. The molecule has 1 aromatic heterocycles. The van der Waals surface area contributed by atoms with E-state index in [4.69, 9.17) is 0 Å². The standard InChI is InChI=1S/C10H15BrN4O2S/c1-12-10-13-6-8(11)9(15-10)14-7-2-4-18(16,17)5-3-7/h6-7H,2-5H2,1H3,(H2,12,13,14,15). The molecule has 2 heterocycles. The predicted octanol–water partition coefficient (Wildman–Crippen LogP) is 1.27. The van der Waals surface area contributed by atoms with Crippen molar-refractivity contribution in [2.75, 3.05) is 29.2 Å². The van der Waals surface area contributed by atoms with Gasteiger partial charge >= 0.3 is 0 Å². The summed E-state index contributed by atoms with van der Waals surface area (Å²) in [6.45, 7) is 0. The minimum Gasteiger partial charge on any atom is -0.366 e. The first-order chi connectivity index (χ1) is 8.50. The minimum absolute atomic E-state index is 0.143. The average molecular weight is 335 g/mol. The molecular formula is C10H15BrN4O2S. The topological polar surface area (TPSA) is 84.0 Å². The lowest BCUT2D eigenvalue weighted by atomic mass is 10.1. The molecule has 1 saturated heterocycles. The molecule has 2 N–H and O–H groups in total. The molecule has 0 radical (unpaired) electrons. The SMILES string of the molecule is CNc1ncc(Br)c(NC2CCS(=O)(=O)CC2)n1. The van der Waals surface area contributed by atoms with Gasteiger partial charge in [-0.25, -0.2) is 13.4 Å². The largest absolute Gasteiger partial charge is 0.366 e. The lowest BCUT2D eigenvalue weighted by Crippen LogP contribution is -2.32. The smallest absolute Gasteiger partial charge is 0.224 e. The fraction of sp³-hybridized carbons (Fsp3) is 0.600. The molecule has 0 atom stereocenters. The molecular weight excluding hydrogens is 320 g/mol. The van der Waals surface area contributed by atoms with Crippen LogP contribution in [0.1, 0.15) is 12.8 Å². The number of rotatable bonds is 3. The zero-order valence-electron chi connectivity index (χ0n) is 9.98. The zero-order valence-corrected chi connectivity index (χ0v) is 12.4. The molecule has 0 aromatic carbocycles. The molecule has 18 heavy (non-hydrogen) atoms. The first-order valence-corrected chi connectivity index (χ1v) is 8.29. The van der Waals surface area contributed by atoms with Gasteiger partial charge in [-0.15, -0.1) is 0 Å². The van der Waals surface area contributed by atoms with Crippen LogP contribution in [0.15, 0.2) is 10.7 Å². The lowest BCUT2D eigenvalue weighted by Gasteiger charge is -2.24. The Morgan fingerprint density at radius 3 is 2.67 bits per heavy atom. The second-order valence-electron chi connectivity index (χ2n) is 4.21. The monoisotopic (exact) mass is 334 g/mol. The second kappa shape index (κ2) is 5.40. The third-order valence-corrected chi connectivity index (χ3v) is 5.16. The van der Waals surface area contributed by atoms with Crippen molar-refractivity contribution in [1.29, 1.82) is 0 Å². The molecule has 0 amide bonds. The summed E-state index contributed by atoms with van der Waals surface area (Å²) in [5, 5.41) is 6.13. The summed E-state index contributed by atoms with van der Waals surface area (Å²) in [5.41, 5.74) is 0. The number of hydrogen-bond donors (Lipinski definition) is 2. The predicted molar refractivity (Wildman–Crippen MR) is 74.6 cm³/mol. The summed E-state index contributed by atoms with van der Waals surface area (Å²) in [5.74, 6) is 1.71. The van der Waals surface area contributed by atoms with E-state index in [0.29, 0.717) is 24.6 Å². The van der Waals surface area contributed by atoms with Gasteiger partial charge in [-0.2, -0.15) is 4.98 Å². The van der Waals surface area contributed by atoms with Gasteiger partial charge < -0.3 is 10.6 Å². The summed E-state index contributed by atoms with van der Waals surface area (Å²) in [6.07, 6.45) is 2.90. The van der Waals surface area contributed by atoms with Gasteiger partial charge in [0.25, 0.3) is 0 Å². The van der Waals surface area contributed by atoms with Gasteiger partial charge in [-0.3, -0.25) is 0 Å². The van der Waals surface area contributed by atoms with Crippen molar-refractivity contribution < 1.29 is 8.42 Å². The van der Waals surface area contributed by atoms with E-state index in [2.05, 4.69) is 36.5 Å². The van der Waals surface area contributed by atoms with Gasteiger partial charge in [-0.05, 0) is 28.8 Å². The summed E-state index contributed by atoms with van der Waals surface area (Å²) >= 11 is 3.38. The maximum Gasteiger partial charge on any atom is 0.224 e. The maximum atomic E-state index is 11.3. The summed E-state index contributed by atoms with van der Waals surface area (Å²) < 4.78 is 23.5. The average Bonchev–Trinajstić information content (AvgIpc) is 2.34. The quantitative estimate of drug-likeness (QED) is 0.865. The molecule has 0 unspecified atom stereocenters. The van der Waals surface area contributed by atoms with Crippen LogP contribution in [-0.2, 0) is 9.84 Å². The highest BCUT2D eigenvalue weighted by molar-refractivity contribution is 9.10. The van der Waals surface area contributed by atoms with Gasteiger partial charge in [0.1, 0.15) is 15.7 Å². The second-order valence-corrected chi connectivity index (χ2v) is 7.37. The lowest BCUT2D eigenvalue weighted by molar-refractivity contribution is 0.559. The molecule has 0 saturated carbocycles. The number of halogens is 1. The van der Waals surface area contributed by atoms with Crippen molar-refractivity contribution in [3.63, 3.8) is 0 Å². The van der Waals surface area contributed by atoms with Crippen LogP contribution >= 0.6 is 15.9 Å². The number of hydrogen-bond acceptors (Lipinski definition) is 6. The normalized spacial score (nSPS) is 19.4. The molecule has 1 aliphatic heterocycles. The van der Waals surface area contributed by atoms with E-state index in [9.17, 15) is 8.42 Å². The Hall–Kier alpha value is -0.890. The highest BCUT2D eigenvalue weighted by Gasteiger charge is 2.24. The number of aromatic nitrogens is 2. The Bertz CT molecular complexity index is 521. The third kappa shape index (κ3) is 3.32. The fourth-order valence-electron chi connectivity index (χ4n) is 1.82. The molecule has 1 aliphatic rings. The van der Waals surface area contributed by atoms with E-state index in [1.54, 1.807) is 13.2 Å². The van der Waals surface area contributed by atoms with E-state index in [1.165, 1.54) is 0 Å². The molecule has 100 valence electrons. The molecule has 8 heteroatoms. The van der Waals surface area contributed by atoms with Crippen LogP contribution in [0, 0.1) is 0 Å². The number of anilines is 2. The first-order valence-electron chi connectivity index (χ1n) is 5.67. The fourth-order valence-corrected chi connectivity index (χ4v) is 3.61. The van der Waals surface area contributed by atoms with Crippen LogP contribution in [0.5, 0.6) is 0 Å². The van der Waals surface area contributed by atoms with Crippen molar-refractivity contribution in [3.05, 3.63) is 10.7 Å². The summed E-state index contributed by atoms with van der Waals surface area (Å²) in [6, 6.07) is 0.143. The van der Waals surface area contributed by atoms with E-state index in [1.807, 2.05) is 0 Å². The van der Waals surface area contributed by atoms with Crippen LogP contribution in [-0.4, -0.2) is 43.0 Å². The van der Waals surface area contributed by atoms with Crippen LogP contribution in [0.4, 0.5) is 11.8 Å². The van der Waals surface area contributed by atoms with E-state index in [0.717, 1.165) is 4.47 Å². The van der Waals surface area contributed by atoms with Gasteiger partial charge in [0, 0.05) is 19.3 Å². The molecule has 0 aliphatic carbocycles. The Morgan fingerprint density at radius 2 is 2.06 bits per heavy atom. The van der Waals surface area contributed by atoms with Crippen LogP contribution in [0.2, 0.25) is 0 Å². The van der Waals surface area contributed by atoms with E-state index < -0.39 is 9.84 Å². The molecule has 1 fully saturated rings. The van der Waals surface area contributed by atoms with Crippen molar-refractivity contribution in [3.8, 4) is 0 Å². The Balaban J connectivity index is 2.06. The van der Waals surface area contributed by atoms with Gasteiger partial charge in [0.05, 0.1) is 16.0 Å². The molecule has 6 nitrogen and oxygen atoms in total. The summed E-state index contributed by atoms with van der Waals surface area (Å²) in [4.78, 5) is 8.36. The molecule has 0 spiro atoms. The van der Waals surface area contributed by atoms with Crippen molar-refractivity contribution in [2.45, 2.75) is 18.9 Å². The van der Waals surface area contributed by atoms with Gasteiger partial charge in [0.15, 0.2) is 0 Å². The molecule has 1 aromatic rings. The molecule has 2 rings (SSSR count). The Morgan fingerprint density at radius 1 is 1.39 bits per heavy atom. The van der Waals surface area contributed by atoms with E-state index >= 15 is 0 Å². The number of nitrogens with one attached hydrogen (secondary N) is 2. The van der Waals surface area contributed by atoms with Crippen molar-refractivity contribution in [1.82, 2.24) is 9.97 Å². The number of sulfone groups is 1. The zero-order chi connectivity index (χ0) is 13.2. The minimum atomic E-state index is -2.83. The number of nitrogens with zero attached hydrogens (tertiary/aromatic N) is 2. The van der Waals surface area contributed by atoms with Crippen LogP contribution < -0.4 is 10.6 Å².